The van der Waals surface area contributed by atoms with Gasteiger partial charge < -0.3 is 15.2 Å². The Labute approximate surface area is 116 Å². The second-order valence-electron chi connectivity index (χ2n) is 4.65. The molecule has 1 aromatic rings. The van der Waals surface area contributed by atoms with E-state index in [0.29, 0.717) is 6.54 Å². The zero-order chi connectivity index (χ0) is 14.1. The largest absolute Gasteiger partial charge is 0.491 e. The molecule has 2 atom stereocenters. The topological polar surface area (TPSA) is 41.5 Å². The van der Waals surface area contributed by atoms with Gasteiger partial charge in [0.15, 0.2) is 0 Å². The molecule has 0 bridgehead atoms. The third-order valence-electron chi connectivity index (χ3n) is 2.90. The lowest BCUT2D eigenvalue weighted by Crippen LogP contribution is -2.37. The molecule has 3 nitrogen and oxygen atoms in total. The molecule has 0 saturated carbocycles. The van der Waals surface area contributed by atoms with E-state index < -0.39 is 6.10 Å². The van der Waals surface area contributed by atoms with E-state index in [0.717, 1.165) is 24.2 Å². The highest BCUT2D eigenvalue weighted by atomic mass is 16.5. The summed E-state index contributed by atoms with van der Waals surface area (Å²) in [5.41, 5.74) is 1.06. The van der Waals surface area contributed by atoms with Gasteiger partial charge in [0.25, 0.3) is 0 Å². The molecule has 104 valence electrons. The predicted molar refractivity (Wildman–Crippen MR) is 78.2 cm³/mol. The Balaban J connectivity index is 2.30. The number of rotatable bonds is 8. The van der Waals surface area contributed by atoms with Crippen molar-refractivity contribution in [2.24, 2.45) is 0 Å². The minimum absolute atomic E-state index is 0.0260. The number of aliphatic hydroxyl groups excluding tert-OH is 1. The number of nitrogens with one attached hydrogen (secondary N) is 1. The van der Waals surface area contributed by atoms with Gasteiger partial charge >= 0.3 is 0 Å². The van der Waals surface area contributed by atoms with E-state index in [9.17, 15) is 5.11 Å². The van der Waals surface area contributed by atoms with Crippen LogP contribution in [0.4, 0.5) is 0 Å². The Bertz CT molecular complexity index is 411. The molecule has 2 unspecified atom stereocenters. The van der Waals surface area contributed by atoms with Crippen LogP contribution in [0.3, 0.4) is 0 Å². The van der Waals surface area contributed by atoms with Gasteiger partial charge in [-0.05, 0) is 25.0 Å². The highest BCUT2D eigenvalue weighted by Gasteiger charge is 2.09. The summed E-state index contributed by atoms with van der Waals surface area (Å²) in [4.78, 5) is 0. The van der Waals surface area contributed by atoms with Crippen LogP contribution in [0.2, 0.25) is 0 Å². The number of para-hydroxylation sites is 1. The first-order valence-electron chi connectivity index (χ1n) is 6.73. The molecule has 0 aliphatic rings. The standard InChI is InChI=1S/C16H23NO2/c1-4-8-14(5-2)17-11-15(18)12-19-16-10-7-6-9-13(16)3/h2,6-7,9-10,14-15,17-18H,4,8,11-12H2,1,3H3. The van der Waals surface area contributed by atoms with E-state index in [2.05, 4.69) is 18.2 Å². The fourth-order valence-electron chi connectivity index (χ4n) is 1.77. The Morgan fingerprint density at radius 1 is 1.42 bits per heavy atom. The summed E-state index contributed by atoms with van der Waals surface area (Å²) in [5, 5.41) is 13.0. The number of hydrogen-bond acceptors (Lipinski definition) is 3. The van der Waals surface area contributed by atoms with Crippen molar-refractivity contribution in [3.05, 3.63) is 29.8 Å². The van der Waals surface area contributed by atoms with Crippen LogP contribution in [0.15, 0.2) is 24.3 Å². The molecule has 19 heavy (non-hydrogen) atoms. The highest BCUT2D eigenvalue weighted by Crippen LogP contribution is 2.16. The van der Waals surface area contributed by atoms with Gasteiger partial charge in [0.2, 0.25) is 0 Å². The van der Waals surface area contributed by atoms with Gasteiger partial charge in [0.1, 0.15) is 18.5 Å². The maximum Gasteiger partial charge on any atom is 0.122 e. The lowest BCUT2D eigenvalue weighted by Gasteiger charge is -2.17. The average molecular weight is 261 g/mol. The average Bonchev–Trinajstić information content (AvgIpc) is 2.42. The lowest BCUT2D eigenvalue weighted by atomic mass is 10.2. The number of aryl methyl sites for hydroxylation is 1. The van der Waals surface area contributed by atoms with E-state index in [-0.39, 0.29) is 12.6 Å². The quantitative estimate of drug-likeness (QED) is 0.704. The molecule has 3 heteroatoms. The number of hydrogen-bond donors (Lipinski definition) is 2. The second-order valence-corrected chi connectivity index (χ2v) is 4.65. The molecule has 2 N–H and O–H groups in total. The van der Waals surface area contributed by atoms with Gasteiger partial charge in [0, 0.05) is 6.54 Å². The first-order valence-corrected chi connectivity index (χ1v) is 6.73. The van der Waals surface area contributed by atoms with Crippen LogP contribution in [0, 0.1) is 19.3 Å². The van der Waals surface area contributed by atoms with Gasteiger partial charge in [-0.15, -0.1) is 6.42 Å². The molecule has 0 spiro atoms. The number of benzene rings is 1. The molecule has 1 aromatic carbocycles. The fourth-order valence-corrected chi connectivity index (χ4v) is 1.77. The normalized spacial score (nSPS) is 13.6. The number of terminal acetylenes is 1. The Kier molecular flexibility index (Phi) is 7.02. The summed E-state index contributed by atoms with van der Waals surface area (Å²) in [6, 6.07) is 7.79. The van der Waals surface area contributed by atoms with Gasteiger partial charge in [-0.25, -0.2) is 0 Å². The Hall–Kier alpha value is -1.50. The minimum atomic E-state index is -0.563. The van der Waals surface area contributed by atoms with E-state index in [1.807, 2.05) is 31.2 Å². The summed E-state index contributed by atoms with van der Waals surface area (Å²) < 4.78 is 5.58. The van der Waals surface area contributed by atoms with Crippen LogP contribution in [0.5, 0.6) is 5.75 Å². The molecule has 0 aromatic heterocycles. The lowest BCUT2D eigenvalue weighted by molar-refractivity contribution is 0.104. The SMILES string of the molecule is C#CC(CCC)NCC(O)COc1ccccc1C. The van der Waals surface area contributed by atoms with E-state index >= 15 is 0 Å². The molecule has 1 rings (SSSR count). The van der Waals surface area contributed by atoms with Crippen LogP contribution in [0.1, 0.15) is 25.3 Å². The molecule has 0 aliphatic heterocycles. The van der Waals surface area contributed by atoms with Crippen molar-refractivity contribution in [3.63, 3.8) is 0 Å². The van der Waals surface area contributed by atoms with E-state index in [4.69, 9.17) is 11.2 Å². The summed E-state index contributed by atoms with van der Waals surface area (Å²) in [6.45, 7) is 4.78. The predicted octanol–water partition coefficient (Wildman–Crippen LogP) is 2.13. The van der Waals surface area contributed by atoms with Crippen LogP contribution in [-0.4, -0.2) is 30.4 Å². The van der Waals surface area contributed by atoms with Crippen LogP contribution < -0.4 is 10.1 Å². The summed E-state index contributed by atoms with van der Waals surface area (Å²) in [5.74, 6) is 3.49. The van der Waals surface area contributed by atoms with Crippen molar-refractivity contribution >= 4 is 0 Å². The van der Waals surface area contributed by atoms with Crippen LogP contribution >= 0.6 is 0 Å². The first kappa shape index (κ1) is 15.6. The third kappa shape index (κ3) is 5.78. The number of aliphatic hydroxyl groups is 1. The zero-order valence-electron chi connectivity index (χ0n) is 11.7. The smallest absolute Gasteiger partial charge is 0.122 e. The van der Waals surface area contributed by atoms with Crippen molar-refractivity contribution in [1.82, 2.24) is 5.32 Å². The van der Waals surface area contributed by atoms with Gasteiger partial charge in [-0.3, -0.25) is 0 Å². The molecule has 0 radical (unpaired) electrons. The Morgan fingerprint density at radius 2 is 2.16 bits per heavy atom. The van der Waals surface area contributed by atoms with Crippen LogP contribution in [0.25, 0.3) is 0 Å². The molecular weight excluding hydrogens is 238 g/mol. The van der Waals surface area contributed by atoms with Gasteiger partial charge in [-0.1, -0.05) is 37.5 Å². The minimum Gasteiger partial charge on any atom is -0.491 e. The van der Waals surface area contributed by atoms with Crippen molar-refractivity contribution in [2.45, 2.75) is 38.8 Å². The van der Waals surface area contributed by atoms with Crippen molar-refractivity contribution < 1.29 is 9.84 Å². The van der Waals surface area contributed by atoms with E-state index in [1.165, 1.54) is 0 Å². The maximum atomic E-state index is 9.86. The third-order valence-corrected chi connectivity index (χ3v) is 2.90. The molecule has 0 fully saturated rings. The fraction of sp³-hybridized carbons (Fsp3) is 0.500. The summed E-state index contributed by atoms with van der Waals surface area (Å²) in [7, 11) is 0. The Morgan fingerprint density at radius 3 is 2.79 bits per heavy atom. The maximum absolute atomic E-state index is 9.86. The molecule has 0 saturated heterocycles. The monoisotopic (exact) mass is 261 g/mol. The van der Waals surface area contributed by atoms with Crippen molar-refractivity contribution in [3.8, 4) is 18.1 Å². The van der Waals surface area contributed by atoms with Gasteiger partial charge in [0.05, 0.1) is 6.04 Å². The van der Waals surface area contributed by atoms with E-state index in [1.54, 1.807) is 0 Å². The van der Waals surface area contributed by atoms with Crippen LogP contribution in [-0.2, 0) is 0 Å². The van der Waals surface area contributed by atoms with Crippen molar-refractivity contribution in [2.75, 3.05) is 13.2 Å². The molecule has 0 heterocycles. The summed E-state index contributed by atoms with van der Waals surface area (Å²) in [6.07, 6.45) is 6.79. The first-order chi connectivity index (χ1) is 9.17. The molecule has 0 amide bonds. The highest BCUT2D eigenvalue weighted by molar-refractivity contribution is 5.31. The van der Waals surface area contributed by atoms with Gasteiger partial charge in [-0.2, -0.15) is 0 Å². The van der Waals surface area contributed by atoms with Crippen molar-refractivity contribution in [1.29, 1.82) is 0 Å². The molecule has 0 aliphatic carbocycles. The molecular formula is C16H23NO2. The number of ether oxygens (including phenoxy) is 1. The summed E-state index contributed by atoms with van der Waals surface area (Å²) >= 11 is 0. The zero-order valence-corrected chi connectivity index (χ0v) is 11.7. The second kappa shape index (κ2) is 8.58.